The van der Waals surface area contributed by atoms with Gasteiger partial charge in [0.1, 0.15) is 11.5 Å². The van der Waals surface area contributed by atoms with E-state index in [0.29, 0.717) is 11.3 Å². The van der Waals surface area contributed by atoms with Crippen molar-refractivity contribution in [2.75, 3.05) is 0 Å². The molecule has 0 aliphatic heterocycles. The number of hydrogen-bond donors (Lipinski definition) is 1. The topological polar surface area (TPSA) is 50.7 Å². The van der Waals surface area contributed by atoms with E-state index < -0.39 is 0 Å². The van der Waals surface area contributed by atoms with Crippen LogP contribution in [0, 0.1) is 6.92 Å². The minimum absolute atomic E-state index is 0.239. The number of nitrogens with one attached hydrogen (secondary N) is 1. The molecule has 0 aromatic heterocycles. The maximum Gasteiger partial charge on any atom is 0.271 e. The average Bonchev–Trinajstić information content (AvgIpc) is 2.63. The van der Waals surface area contributed by atoms with Crippen LogP contribution < -0.4 is 10.2 Å². The fraction of sp³-hybridized carbons (Fsp3) is 0.0476. The van der Waals surface area contributed by atoms with Gasteiger partial charge in [0.05, 0.1) is 6.21 Å². The Kier molecular flexibility index (Phi) is 5.22. The van der Waals surface area contributed by atoms with Crippen molar-refractivity contribution in [2.45, 2.75) is 6.92 Å². The lowest BCUT2D eigenvalue weighted by molar-refractivity contribution is 0.0955. The molecule has 0 saturated carbocycles. The van der Waals surface area contributed by atoms with E-state index >= 15 is 0 Å². The van der Waals surface area contributed by atoms with E-state index in [9.17, 15) is 4.79 Å². The van der Waals surface area contributed by atoms with E-state index in [1.807, 2.05) is 79.7 Å². The number of ether oxygens (including phenoxy) is 1. The van der Waals surface area contributed by atoms with E-state index in [4.69, 9.17) is 4.74 Å². The Labute approximate surface area is 146 Å². The minimum Gasteiger partial charge on any atom is -0.457 e. The summed E-state index contributed by atoms with van der Waals surface area (Å²) in [5, 5.41) is 4.02. The molecular formula is C21H18N2O2. The molecule has 0 unspecified atom stereocenters. The maximum atomic E-state index is 12.0. The molecule has 0 aliphatic rings. The molecule has 0 atom stereocenters. The molecular weight excluding hydrogens is 312 g/mol. The van der Waals surface area contributed by atoms with Crippen LogP contribution in [0.4, 0.5) is 0 Å². The highest BCUT2D eigenvalue weighted by Gasteiger charge is 2.03. The van der Waals surface area contributed by atoms with Crippen molar-refractivity contribution in [3.8, 4) is 11.5 Å². The summed E-state index contributed by atoms with van der Waals surface area (Å²) in [6.45, 7) is 1.94. The summed E-state index contributed by atoms with van der Waals surface area (Å²) >= 11 is 0. The van der Waals surface area contributed by atoms with Gasteiger partial charge in [-0.3, -0.25) is 4.79 Å². The Morgan fingerprint density at radius 3 is 2.48 bits per heavy atom. The van der Waals surface area contributed by atoms with Crippen molar-refractivity contribution in [1.29, 1.82) is 0 Å². The zero-order chi connectivity index (χ0) is 17.5. The van der Waals surface area contributed by atoms with Crippen LogP contribution in [0.25, 0.3) is 0 Å². The number of para-hydroxylation sites is 1. The first-order chi connectivity index (χ1) is 12.2. The monoisotopic (exact) mass is 330 g/mol. The molecule has 3 aromatic carbocycles. The molecule has 3 aromatic rings. The number of carbonyl (C=O) groups excluding carboxylic acids is 1. The largest absolute Gasteiger partial charge is 0.457 e. The average molecular weight is 330 g/mol. The van der Waals surface area contributed by atoms with Crippen LogP contribution in [0.2, 0.25) is 0 Å². The minimum atomic E-state index is -0.239. The number of rotatable bonds is 5. The second-order valence-corrected chi connectivity index (χ2v) is 5.56. The lowest BCUT2D eigenvalue weighted by Gasteiger charge is -2.05. The summed E-state index contributed by atoms with van der Waals surface area (Å²) in [6.07, 6.45) is 1.59. The summed E-state index contributed by atoms with van der Waals surface area (Å²) in [6, 6.07) is 24.4. The third kappa shape index (κ3) is 4.78. The lowest BCUT2D eigenvalue weighted by atomic mass is 10.1. The summed E-state index contributed by atoms with van der Waals surface area (Å²) in [4.78, 5) is 12.0. The quantitative estimate of drug-likeness (QED) is 0.551. The van der Waals surface area contributed by atoms with Gasteiger partial charge < -0.3 is 4.74 Å². The van der Waals surface area contributed by atoms with E-state index in [2.05, 4.69) is 10.5 Å². The molecule has 0 spiro atoms. The normalized spacial score (nSPS) is 10.6. The summed E-state index contributed by atoms with van der Waals surface area (Å²) in [5.41, 5.74) is 4.98. The van der Waals surface area contributed by atoms with Gasteiger partial charge in [-0.15, -0.1) is 0 Å². The Bertz CT molecular complexity index is 889. The summed E-state index contributed by atoms with van der Waals surface area (Å²) in [5.74, 6) is 1.24. The van der Waals surface area contributed by atoms with Crippen molar-refractivity contribution in [2.24, 2.45) is 5.10 Å². The Morgan fingerprint density at radius 1 is 0.920 bits per heavy atom. The Balaban J connectivity index is 1.63. The summed E-state index contributed by atoms with van der Waals surface area (Å²) < 4.78 is 5.78. The molecule has 1 N–H and O–H groups in total. The molecule has 4 heteroatoms. The van der Waals surface area contributed by atoms with Gasteiger partial charge in [-0.1, -0.05) is 48.0 Å². The van der Waals surface area contributed by atoms with Gasteiger partial charge in [-0.2, -0.15) is 5.10 Å². The highest BCUT2D eigenvalue weighted by Crippen LogP contribution is 2.21. The maximum absolute atomic E-state index is 12.0. The number of hydrogen-bond acceptors (Lipinski definition) is 3. The smallest absolute Gasteiger partial charge is 0.271 e. The van der Waals surface area contributed by atoms with Crippen LogP contribution in [0.1, 0.15) is 21.5 Å². The highest BCUT2D eigenvalue weighted by atomic mass is 16.5. The second kappa shape index (κ2) is 7.93. The van der Waals surface area contributed by atoms with Gasteiger partial charge >= 0.3 is 0 Å². The van der Waals surface area contributed by atoms with Crippen molar-refractivity contribution >= 4 is 12.1 Å². The zero-order valence-electron chi connectivity index (χ0n) is 13.8. The molecule has 0 bridgehead atoms. The van der Waals surface area contributed by atoms with E-state index in [1.54, 1.807) is 12.3 Å². The first-order valence-corrected chi connectivity index (χ1v) is 7.94. The Hall–Kier alpha value is -3.40. The number of hydrazone groups is 1. The van der Waals surface area contributed by atoms with Crippen molar-refractivity contribution in [3.63, 3.8) is 0 Å². The van der Waals surface area contributed by atoms with Gasteiger partial charge in [0.15, 0.2) is 0 Å². The predicted molar refractivity (Wildman–Crippen MR) is 99.2 cm³/mol. The van der Waals surface area contributed by atoms with Gasteiger partial charge in [0, 0.05) is 5.56 Å². The molecule has 0 heterocycles. The molecule has 25 heavy (non-hydrogen) atoms. The van der Waals surface area contributed by atoms with Crippen LogP contribution in [0.3, 0.4) is 0 Å². The van der Waals surface area contributed by atoms with Crippen molar-refractivity contribution < 1.29 is 9.53 Å². The zero-order valence-corrected chi connectivity index (χ0v) is 13.8. The third-order valence-electron chi connectivity index (χ3n) is 3.50. The van der Waals surface area contributed by atoms with E-state index in [0.717, 1.165) is 16.9 Å². The molecule has 124 valence electrons. The lowest BCUT2D eigenvalue weighted by Crippen LogP contribution is -2.17. The number of aryl methyl sites for hydroxylation is 1. The second-order valence-electron chi connectivity index (χ2n) is 5.56. The van der Waals surface area contributed by atoms with E-state index in [1.165, 1.54) is 0 Å². The molecule has 0 aliphatic carbocycles. The third-order valence-corrected chi connectivity index (χ3v) is 3.50. The van der Waals surface area contributed by atoms with Crippen LogP contribution >= 0.6 is 0 Å². The Morgan fingerprint density at radius 2 is 1.68 bits per heavy atom. The predicted octanol–water partition coefficient (Wildman–Crippen LogP) is 4.55. The summed E-state index contributed by atoms with van der Waals surface area (Å²) in [7, 11) is 0. The van der Waals surface area contributed by atoms with Crippen LogP contribution in [-0.2, 0) is 0 Å². The first-order valence-electron chi connectivity index (χ1n) is 7.94. The number of benzene rings is 3. The number of carbonyl (C=O) groups is 1. The molecule has 1 amide bonds. The van der Waals surface area contributed by atoms with Gasteiger partial charge in [0.25, 0.3) is 5.91 Å². The SMILES string of the molecule is Cc1cccc(C(=O)N/N=C/c2cccc(Oc3ccccc3)c2)c1. The van der Waals surface area contributed by atoms with Crippen LogP contribution in [0.5, 0.6) is 11.5 Å². The molecule has 4 nitrogen and oxygen atoms in total. The molecule has 3 rings (SSSR count). The standard InChI is InChI=1S/C21H18N2O2/c1-16-7-5-9-18(13-16)21(24)23-22-15-17-8-6-12-20(14-17)25-19-10-3-2-4-11-19/h2-15H,1H3,(H,23,24)/b22-15+. The van der Waals surface area contributed by atoms with Gasteiger partial charge in [0.2, 0.25) is 0 Å². The van der Waals surface area contributed by atoms with E-state index in [-0.39, 0.29) is 5.91 Å². The van der Waals surface area contributed by atoms with Crippen molar-refractivity contribution in [3.05, 3.63) is 95.6 Å². The number of nitrogens with zero attached hydrogens (tertiary/aromatic N) is 1. The first kappa shape index (κ1) is 16.5. The highest BCUT2D eigenvalue weighted by molar-refractivity contribution is 5.95. The van der Waals surface area contributed by atoms with Crippen LogP contribution in [0.15, 0.2) is 84.0 Å². The fourth-order valence-corrected chi connectivity index (χ4v) is 2.30. The van der Waals surface area contributed by atoms with Gasteiger partial charge in [-0.05, 0) is 48.9 Å². The van der Waals surface area contributed by atoms with Crippen molar-refractivity contribution in [1.82, 2.24) is 5.43 Å². The number of amides is 1. The van der Waals surface area contributed by atoms with Gasteiger partial charge in [-0.25, -0.2) is 5.43 Å². The molecule has 0 saturated heterocycles. The fourth-order valence-electron chi connectivity index (χ4n) is 2.30. The molecule has 0 fully saturated rings. The molecule has 0 radical (unpaired) electrons. The van der Waals surface area contributed by atoms with Crippen LogP contribution in [-0.4, -0.2) is 12.1 Å².